The molecule has 1 aromatic rings. The molecule has 0 aliphatic carbocycles. The number of carbonyl (C=O) groups is 1. The van der Waals surface area contributed by atoms with Crippen molar-refractivity contribution in [2.75, 3.05) is 0 Å². The monoisotopic (exact) mass is 219 g/mol. The molecule has 0 aliphatic rings. The van der Waals surface area contributed by atoms with Crippen LogP contribution in [0.3, 0.4) is 0 Å². The van der Waals surface area contributed by atoms with E-state index in [0.717, 1.165) is 0 Å². The number of nitrogens with one attached hydrogen (secondary N) is 1. The summed E-state index contributed by atoms with van der Waals surface area (Å²) in [5.41, 5.74) is -0.363. The molecule has 1 aromatic carbocycles. The molecule has 0 aromatic heterocycles. The Morgan fingerprint density at radius 3 is 2.53 bits per heavy atom. The molecule has 0 saturated heterocycles. The molecule has 0 bridgehead atoms. The molecule has 1 rings (SSSR count). The van der Waals surface area contributed by atoms with Gasteiger partial charge < -0.3 is 10.4 Å². The first-order chi connectivity index (χ1) is 6.93. The molecule has 2 N–H and O–H groups in total. The number of phenols is 1. The lowest BCUT2D eigenvalue weighted by atomic mass is 10.2. The smallest absolute Gasteiger partial charge is 0.217 e. The molecular weight excluding hydrogens is 211 g/mol. The summed E-state index contributed by atoms with van der Waals surface area (Å²) in [5.74, 6) is -6.12. The van der Waals surface area contributed by atoms with Crippen LogP contribution in [-0.4, -0.2) is 11.0 Å². The van der Waals surface area contributed by atoms with Crippen LogP contribution in [0.4, 0.5) is 13.2 Å². The van der Waals surface area contributed by atoms with Gasteiger partial charge in [-0.15, -0.1) is 0 Å². The fraction of sp³-hybridized carbons (Fsp3) is 0.222. The molecule has 6 heteroatoms. The third-order valence-corrected chi connectivity index (χ3v) is 1.74. The van der Waals surface area contributed by atoms with Gasteiger partial charge in [-0.05, 0) is 6.07 Å². The van der Waals surface area contributed by atoms with Crippen LogP contribution in [-0.2, 0) is 11.3 Å². The molecule has 0 heterocycles. The van der Waals surface area contributed by atoms with Crippen LogP contribution in [0.2, 0.25) is 0 Å². The van der Waals surface area contributed by atoms with Gasteiger partial charge in [-0.1, -0.05) is 0 Å². The molecule has 0 spiro atoms. The second kappa shape index (κ2) is 4.20. The molecule has 0 saturated carbocycles. The van der Waals surface area contributed by atoms with Crippen LogP contribution in [0.5, 0.6) is 5.75 Å². The fourth-order valence-electron chi connectivity index (χ4n) is 0.983. The highest BCUT2D eigenvalue weighted by atomic mass is 19.2. The highest BCUT2D eigenvalue weighted by molar-refractivity contribution is 5.72. The van der Waals surface area contributed by atoms with Gasteiger partial charge in [-0.25, -0.2) is 8.78 Å². The van der Waals surface area contributed by atoms with Crippen LogP contribution in [0.1, 0.15) is 12.5 Å². The van der Waals surface area contributed by atoms with E-state index < -0.39 is 29.1 Å². The Bertz CT molecular complexity index is 407. The number of aromatic hydroxyl groups is 1. The molecule has 82 valence electrons. The van der Waals surface area contributed by atoms with Crippen LogP contribution < -0.4 is 5.32 Å². The first kappa shape index (κ1) is 11.4. The maximum atomic E-state index is 13.0. The number of hydrogen-bond donors (Lipinski definition) is 2. The largest absolute Gasteiger partial charge is 0.503 e. The lowest BCUT2D eigenvalue weighted by Crippen LogP contribution is -2.20. The first-order valence-electron chi connectivity index (χ1n) is 4.03. The van der Waals surface area contributed by atoms with Crippen molar-refractivity contribution >= 4 is 5.91 Å². The topological polar surface area (TPSA) is 49.3 Å². The van der Waals surface area contributed by atoms with E-state index in [-0.39, 0.29) is 12.1 Å². The summed E-state index contributed by atoms with van der Waals surface area (Å²) < 4.78 is 38.6. The van der Waals surface area contributed by atoms with Crippen molar-refractivity contribution in [2.24, 2.45) is 0 Å². The second-order valence-corrected chi connectivity index (χ2v) is 2.90. The number of hydrogen-bond acceptors (Lipinski definition) is 2. The summed E-state index contributed by atoms with van der Waals surface area (Å²) >= 11 is 0. The van der Waals surface area contributed by atoms with Crippen LogP contribution in [0, 0.1) is 17.5 Å². The van der Waals surface area contributed by atoms with E-state index in [0.29, 0.717) is 6.07 Å². The van der Waals surface area contributed by atoms with Gasteiger partial charge in [-0.2, -0.15) is 4.39 Å². The molecule has 0 radical (unpaired) electrons. The summed E-state index contributed by atoms with van der Waals surface area (Å²) in [6.07, 6.45) is 0. The molecule has 0 aliphatic heterocycles. The number of carbonyl (C=O) groups excluding carboxylic acids is 1. The molecule has 3 nitrogen and oxygen atoms in total. The van der Waals surface area contributed by atoms with Crippen LogP contribution in [0.15, 0.2) is 6.07 Å². The van der Waals surface area contributed by atoms with Crippen molar-refractivity contribution in [3.63, 3.8) is 0 Å². The zero-order valence-corrected chi connectivity index (χ0v) is 7.77. The molecule has 15 heavy (non-hydrogen) atoms. The van der Waals surface area contributed by atoms with Gasteiger partial charge in [-0.3, -0.25) is 4.79 Å². The quantitative estimate of drug-likeness (QED) is 0.739. The van der Waals surface area contributed by atoms with Crippen molar-refractivity contribution in [3.8, 4) is 5.75 Å². The standard InChI is InChI=1S/C9H8F3NO2/c1-4(14)13-3-5-2-6(10)9(15)8(12)7(5)11/h2,15H,3H2,1H3,(H,13,14). The summed E-state index contributed by atoms with van der Waals surface area (Å²) in [7, 11) is 0. The average molecular weight is 219 g/mol. The van der Waals surface area contributed by atoms with Crippen molar-refractivity contribution in [1.82, 2.24) is 5.32 Å². The Hall–Kier alpha value is -1.72. The second-order valence-electron chi connectivity index (χ2n) is 2.90. The SMILES string of the molecule is CC(=O)NCc1cc(F)c(O)c(F)c1F. The normalized spacial score (nSPS) is 10.1. The predicted octanol–water partition coefficient (Wildman–Crippen LogP) is 1.45. The fourth-order valence-corrected chi connectivity index (χ4v) is 0.983. The van der Waals surface area contributed by atoms with Crippen LogP contribution in [0.25, 0.3) is 0 Å². The minimum absolute atomic E-state index is 0.338. The number of amides is 1. The van der Waals surface area contributed by atoms with E-state index in [2.05, 4.69) is 5.32 Å². The van der Waals surface area contributed by atoms with Gasteiger partial charge in [0.1, 0.15) is 0 Å². The van der Waals surface area contributed by atoms with Gasteiger partial charge in [0.25, 0.3) is 0 Å². The Labute approximate surface area is 83.5 Å². The molecule has 0 fully saturated rings. The number of phenolic OH excluding ortho intramolecular Hbond substituents is 1. The Morgan fingerprint density at radius 1 is 1.40 bits per heavy atom. The summed E-state index contributed by atoms with van der Waals surface area (Å²) in [5, 5.41) is 10.9. The van der Waals surface area contributed by atoms with E-state index in [4.69, 9.17) is 5.11 Å². The van der Waals surface area contributed by atoms with Gasteiger partial charge in [0, 0.05) is 19.0 Å². The van der Waals surface area contributed by atoms with Gasteiger partial charge in [0.05, 0.1) is 0 Å². The van der Waals surface area contributed by atoms with Crippen LogP contribution >= 0.6 is 0 Å². The summed E-state index contributed by atoms with van der Waals surface area (Å²) in [6.45, 7) is 0.848. The number of rotatable bonds is 2. The maximum absolute atomic E-state index is 13.0. The zero-order chi connectivity index (χ0) is 11.6. The Morgan fingerprint density at radius 2 is 2.00 bits per heavy atom. The van der Waals surface area contributed by atoms with Crippen molar-refractivity contribution in [2.45, 2.75) is 13.5 Å². The van der Waals surface area contributed by atoms with E-state index in [1.54, 1.807) is 0 Å². The molecular formula is C9H8F3NO2. The first-order valence-corrected chi connectivity index (χ1v) is 4.03. The number of halogens is 3. The van der Waals surface area contributed by atoms with Gasteiger partial charge >= 0.3 is 0 Å². The molecule has 1 amide bonds. The van der Waals surface area contributed by atoms with E-state index in [1.165, 1.54) is 6.92 Å². The summed E-state index contributed by atoms with van der Waals surface area (Å²) in [6, 6.07) is 0.629. The highest BCUT2D eigenvalue weighted by Gasteiger charge is 2.17. The lowest BCUT2D eigenvalue weighted by Gasteiger charge is -2.06. The molecule has 0 unspecified atom stereocenters. The average Bonchev–Trinajstić information content (AvgIpc) is 2.18. The molecule has 0 atom stereocenters. The van der Waals surface area contributed by atoms with Gasteiger partial charge in [0.2, 0.25) is 11.7 Å². The maximum Gasteiger partial charge on any atom is 0.217 e. The van der Waals surface area contributed by atoms with Gasteiger partial charge in [0.15, 0.2) is 17.4 Å². The minimum Gasteiger partial charge on any atom is -0.503 e. The van der Waals surface area contributed by atoms with E-state index in [9.17, 15) is 18.0 Å². The summed E-state index contributed by atoms with van der Waals surface area (Å²) in [4.78, 5) is 10.5. The lowest BCUT2D eigenvalue weighted by molar-refractivity contribution is -0.119. The van der Waals surface area contributed by atoms with E-state index in [1.807, 2.05) is 0 Å². The third-order valence-electron chi connectivity index (χ3n) is 1.74. The van der Waals surface area contributed by atoms with Crippen molar-refractivity contribution < 1.29 is 23.1 Å². The minimum atomic E-state index is -1.66. The predicted molar refractivity (Wildman–Crippen MR) is 45.5 cm³/mol. The highest BCUT2D eigenvalue weighted by Crippen LogP contribution is 2.25. The van der Waals surface area contributed by atoms with Crippen molar-refractivity contribution in [3.05, 3.63) is 29.1 Å². The Kier molecular flexibility index (Phi) is 3.18. The van der Waals surface area contributed by atoms with E-state index >= 15 is 0 Å². The van der Waals surface area contributed by atoms with Crippen molar-refractivity contribution in [1.29, 1.82) is 0 Å². The number of benzene rings is 1. The Balaban J connectivity index is 3.04. The zero-order valence-electron chi connectivity index (χ0n) is 7.77. The third kappa shape index (κ3) is 2.39.